The van der Waals surface area contributed by atoms with Gasteiger partial charge in [-0.3, -0.25) is 0 Å². The molecular formula is C6H16N2O. The van der Waals surface area contributed by atoms with Crippen LogP contribution in [0.1, 0.15) is 20.3 Å². The molecular weight excluding hydrogens is 116 g/mol. The van der Waals surface area contributed by atoms with Crippen LogP contribution < -0.4 is 11.5 Å². The Kier molecular flexibility index (Phi) is 3.77. The second-order valence-corrected chi connectivity index (χ2v) is 2.78. The van der Waals surface area contributed by atoms with Crippen molar-refractivity contribution in [2.75, 3.05) is 0 Å². The SMILES string of the molecule is CC(C)C[C@H](N)C(N)O. The van der Waals surface area contributed by atoms with Gasteiger partial charge in [0.25, 0.3) is 0 Å². The molecule has 3 heteroatoms. The van der Waals surface area contributed by atoms with Gasteiger partial charge >= 0.3 is 0 Å². The van der Waals surface area contributed by atoms with Crippen molar-refractivity contribution in [3.05, 3.63) is 0 Å². The zero-order valence-electron chi connectivity index (χ0n) is 6.04. The summed E-state index contributed by atoms with van der Waals surface area (Å²) in [6.07, 6.45) is -0.0927. The van der Waals surface area contributed by atoms with Crippen molar-refractivity contribution in [1.82, 2.24) is 0 Å². The summed E-state index contributed by atoms with van der Waals surface area (Å²) in [5, 5.41) is 8.72. The minimum absolute atomic E-state index is 0.273. The molecule has 0 saturated carbocycles. The summed E-state index contributed by atoms with van der Waals surface area (Å²) in [6, 6.07) is -0.273. The van der Waals surface area contributed by atoms with Gasteiger partial charge in [-0.15, -0.1) is 0 Å². The van der Waals surface area contributed by atoms with Gasteiger partial charge < -0.3 is 16.6 Å². The van der Waals surface area contributed by atoms with Crippen LogP contribution in [0.2, 0.25) is 0 Å². The first-order valence-electron chi connectivity index (χ1n) is 3.23. The Hall–Kier alpha value is -0.120. The zero-order chi connectivity index (χ0) is 7.44. The van der Waals surface area contributed by atoms with Crippen LogP contribution in [-0.2, 0) is 0 Å². The lowest BCUT2D eigenvalue weighted by atomic mass is 10.0. The number of rotatable bonds is 3. The molecule has 9 heavy (non-hydrogen) atoms. The van der Waals surface area contributed by atoms with Crippen LogP contribution in [-0.4, -0.2) is 17.4 Å². The third-order valence-corrected chi connectivity index (χ3v) is 1.18. The Labute approximate surface area is 56.0 Å². The predicted octanol–water partition coefficient (Wildman–Crippen LogP) is -0.363. The molecule has 0 aromatic carbocycles. The normalized spacial score (nSPS) is 18.0. The number of aliphatic hydroxyl groups is 1. The largest absolute Gasteiger partial charge is 0.377 e. The van der Waals surface area contributed by atoms with Gasteiger partial charge in [-0.1, -0.05) is 13.8 Å². The minimum Gasteiger partial charge on any atom is -0.377 e. The van der Waals surface area contributed by atoms with Gasteiger partial charge in [0.1, 0.15) is 6.23 Å². The van der Waals surface area contributed by atoms with Crippen LogP contribution in [0.15, 0.2) is 0 Å². The fourth-order valence-electron chi connectivity index (χ4n) is 0.684. The van der Waals surface area contributed by atoms with Gasteiger partial charge in [0.15, 0.2) is 0 Å². The molecule has 0 bridgehead atoms. The Bertz CT molecular complexity index is 73.5. The van der Waals surface area contributed by atoms with Crippen LogP contribution in [0.5, 0.6) is 0 Å². The first-order chi connectivity index (χ1) is 4.04. The van der Waals surface area contributed by atoms with Crippen LogP contribution in [0.25, 0.3) is 0 Å². The predicted molar refractivity (Wildman–Crippen MR) is 37.6 cm³/mol. The molecule has 0 saturated heterocycles. The van der Waals surface area contributed by atoms with E-state index in [1.54, 1.807) is 0 Å². The first-order valence-corrected chi connectivity index (χ1v) is 3.23. The van der Waals surface area contributed by atoms with E-state index in [2.05, 4.69) is 0 Å². The topological polar surface area (TPSA) is 72.3 Å². The molecule has 0 aliphatic carbocycles. The summed E-state index contributed by atoms with van der Waals surface area (Å²) in [5.41, 5.74) is 10.6. The molecule has 0 amide bonds. The van der Waals surface area contributed by atoms with E-state index < -0.39 is 6.23 Å². The van der Waals surface area contributed by atoms with E-state index >= 15 is 0 Å². The molecule has 0 aromatic rings. The number of nitrogens with two attached hydrogens (primary N) is 2. The third-order valence-electron chi connectivity index (χ3n) is 1.18. The Balaban J connectivity index is 3.38. The molecule has 0 radical (unpaired) electrons. The minimum atomic E-state index is -0.868. The van der Waals surface area contributed by atoms with E-state index in [1.165, 1.54) is 0 Å². The molecule has 3 nitrogen and oxygen atoms in total. The van der Waals surface area contributed by atoms with Crippen LogP contribution >= 0.6 is 0 Å². The van der Waals surface area contributed by atoms with Crippen molar-refractivity contribution in [1.29, 1.82) is 0 Å². The maximum Gasteiger partial charge on any atom is 0.117 e. The zero-order valence-corrected chi connectivity index (χ0v) is 6.04. The molecule has 1 unspecified atom stereocenters. The smallest absolute Gasteiger partial charge is 0.117 e. The Morgan fingerprint density at radius 2 is 1.78 bits per heavy atom. The highest BCUT2D eigenvalue weighted by Gasteiger charge is 2.10. The molecule has 0 spiro atoms. The van der Waals surface area contributed by atoms with Crippen LogP contribution in [0, 0.1) is 5.92 Å². The summed E-state index contributed by atoms with van der Waals surface area (Å²) in [5.74, 6) is 0.498. The average Bonchev–Trinajstić information content (AvgIpc) is 1.63. The van der Waals surface area contributed by atoms with E-state index in [0.29, 0.717) is 5.92 Å². The number of hydrogen-bond acceptors (Lipinski definition) is 3. The monoisotopic (exact) mass is 132 g/mol. The third kappa shape index (κ3) is 4.39. The van der Waals surface area contributed by atoms with Gasteiger partial charge in [-0.2, -0.15) is 0 Å². The average molecular weight is 132 g/mol. The standard InChI is InChI=1S/C6H16N2O/c1-4(2)3-5(7)6(8)9/h4-6,9H,3,7-8H2,1-2H3/t5-,6?/m0/s1. The number of aliphatic hydroxyl groups excluding tert-OH is 1. The highest BCUT2D eigenvalue weighted by Crippen LogP contribution is 2.02. The maximum absolute atomic E-state index is 8.72. The van der Waals surface area contributed by atoms with Crippen molar-refractivity contribution in [3.63, 3.8) is 0 Å². The molecule has 5 N–H and O–H groups in total. The molecule has 0 aromatic heterocycles. The lowest BCUT2D eigenvalue weighted by molar-refractivity contribution is 0.141. The van der Waals surface area contributed by atoms with E-state index in [-0.39, 0.29) is 6.04 Å². The highest BCUT2D eigenvalue weighted by atomic mass is 16.3. The van der Waals surface area contributed by atoms with Crippen LogP contribution in [0.3, 0.4) is 0 Å². The van der Waals surface area contributed by atoms with Crippen molar-refractivity contribution >= 4 is 0 Å². The van der Waals surface area contributed by atoms with Gasteiger partial charge in [-0.25, -0.2) is 0 Å². The maximum atomic E-state index is 8.72. The quantitative estimate of drug-likeness (QED) is 0.459. The summed E-state index contributed by atoms with van der Waals surface area (Å²) in [6.45, 7) is 4.09. The van der Waals surface area contributed by atoms with Crippen molar-refractivity contribution in [2.45, 2.75) is 32.5 Å². The lowest BCUT2D eigenvalue weighted by Gasteiger charge is -2.15. The highest BCUT2D eigenvalue weighted by molar-refractivity contribution is 4.67. The van der Waals surface area contributed by atoms with Gasteiger partial charge in [-0.05, 0) is 12.3 Å². The first kappa shape index (κ1) is 8.88. The second kappa shape index (κ2) is 3.82. The Morgan fingerprint density at radius 1 is 1.33 bits per heavy atom. The summed E-state index contributed by atoms with van der Waals surface area (Å²) in [4.78, 5) is 0. The molecule has 0 aliphatic rings. The van der Waals surface area contributed by atoms with E-state index in [1.807, 2.05) is 13.8 Å². The van der Waals surface area contributed by atoms with Gasteiger partial charge in [0.2, 0.25) is 0 Å². The van der Waals surface area contributed by atoms with Crippen molar-refractivity contribution in [2.24, 2.45) is 17.4 Å². The Morgan fingerprint density at radius 3 is 1.89 bits per heavy atom. The van der Waals surface area contributed by atoms with Crippen LogP contribution in [0.4, 0.5) is 0 Å². The fourth-order valence-corrected chi connectivity index (χ4v) is 0.684. The molecule has 2 atom stereocenters. The summed E-state index contributed by atoms with van der Waals surface area (Å²) < 4.78 is 0. The molecule has 0 fully saturated rings. The molecule has 0 aliphatic heterocycles. The summed E-state index contributed by atoms with van der Waals surface area (Å²) >= 11 is 0. The molecule has 56 valence electrons. The van der Waals surface area contributed by atoms with E-state index in [0.717, 1.165) is 6.42 Å². The van der Waals surface area contributed by atoms with Gasteiger partial charge in [0, 0.05) is 6.04 Å². The van der Waals surface area contributed by atoms with Gasteiger partial charge in [0.05, 0.1) is 0 Å². The fraction of sp³-hybridized carbons (Fsp3) is 1.00. The molecule has 0 rings (SSSR count). The van der Waals surface area contributed by atoms with Crippen molar-refractivity contribution < 1.29 is 5.11 Å². The van der Waals surface area contributed by atoms with Crippen molar-refractivity contribution in [3.8, 4) is 0 Å². The molecule has 0 heterocycles. The van der Waals surface area contributed by atoms with E-state index in [9.17, 15) is 0 Å². The lowest BCUT2D eigenvalue weighted by Crippen LogP contribution is -2.41. The van der Waals surface area contributed by atoms with E-state index in [4.69, 9.17) is 16.6 Å². The number of hydrogen-bond donors (Lipinski definition) is 3. The summed E-state index contributed by atoms with van der Waals surface area (Å²) in [7, 11) is 0. The second-order valence-electron chi connectivity index (χ2n) is 2.78.